The van der Waals surface area contributed by atoms with Crippen LogP contribution in [0.3, 0.4) is 0 Å². The van der Waals surface area contributed by atoms with E-state index < -0.39 is 16.1 Å². The number of sulfonamides is 1. The Kier molecular flexibility index (Phi) is 5.76. The number of benzene rings is 2. The van der Waals surface area contributed by atoms with Crippen LogP contribution in [-0.2, 0) is 14.8 Å². The molecule has 0 radical (unpaired) electrons. The molecule has 0 aliphatic carbocycles. The number of carbonyl (C=O) groups is 1. The van der Waals surface area contributed by atoms with Crippen molar-refractivity contribution in [3.05, 3.63) is 58.6 Å². The molecular weight excluding hydrogens is 398 g/mol. The Morgan fingerprint density at radius 1 is 1.25 bits per heavy atom. The van der Waals surface area contributed by atoms with E-state index in [1.54, 1.807) is 30.3 Å². The van der Waals surface area contributed by atoms with E-state index in [4.69, 9.17) is 11.6 Å². The van der Waals surface area contributed by atoms with Crippen LogP contribution >= 0.6 is 11.6 Å². The average Bonchev–Trinajstić information content (AvgIpc) is 2.92. The molecule has 2 aromatic carbocycles. The molecule has 0 fully saturated rings. The maximum Gasteiger partial charge on any atom is 0.263 e. The lowest BCUT2D eigenvalue weighted by Crippen LogP contribution is -2.34. The molecule has 148 valence electrons. The van der Waals surface area contributed by atoms with Gasteiger partial charge in [-0.3, -0.25) is 14.5 Å². The number of hydrogen-bond donors (Lipinski definition) is 2. The fraction of sp³-hybridized carbons (Fsp3) is 0.300. The summed E-state index contributed by atoms with van der Waals surface area (Å²) in [7, 11) is -3.66. The second-order valence-corrected chi connectivity index (χ2v) is 8.92. The summed E-state index contributed by atoms with van der Waals surface area (Å²) in [6, 6.07) is 11.1. The number of hydrogen-bond acceptors (Lipinski definition) is 4. The summed E-state index contributed by atoms with van der Waals surface area (Å²) >= 11 is 6.14. The highest BCUT2D eigenvalue weighted by Crippen LogP contribution is 2.25. The zero-order valence-corrected chi connectivity index (χ0v) is 17.4. The molecule has 0 bridgehead atoms. The first-order valence-electron chi connectivity index (χ1n) is 9.00. The minimum atomic E-state index is -3.66. The number of amidine groups is 1. The number of anilines is 1. The van der Waals surface area contributed by atoms with Gasteiger partial charge in [0.2, 0.25) is 5.91 Å². The number of aryl methyl sites for hydroxylation is 1. The Labute approximate surface area is 170 Å². The minimum Gasteiger partial charge on any atom is -0.324 e. The second kappa shape index (κ2) is 7.93. The third kappa shape index (κ3) is 4.05. The van der Waals surface area contributed by atoms with Crippen molar-refractivity contribution in [3.63, 3.8) is 0 Å². The molecule has 2 atom stereocenters. The number of nitrogens with one attached hydrogen (secondary N) is 2. The van der Waals surface area contributed by atoms with E-state index >= 15 is 0 Å². The van der Waals surface area contributed by atoms with E-state index in [9.17, 15) is 13.2 Å². The highest BCUT2D eigenvalue weighted by Gasteiger charge is 2.33. The first kappa shape index (κ1) is 20.4. The number of aliphatic imine (C=N–C) groups is 1. The van der Waals surface area contributed by atoms with E-state index in [1.807, 2.05) is 26.8 Å². The summed E-state index contributed by atoms with van der Waals surface area (Å²) in [5.41, 5.74) is 1.96. The standard InChI is InChI=1S/C20H22ClN3O3S/c1-4-12(2)18(20(25)22-14-10-9-13(3)16(21)11-14)23-19-15-7-5-6-8-17(15)28(26,27)24-19/h5-12,18H,4H2,1-3H3,(H,22,25)(H,23,24)/t12-,18-/m0/s1. The van der Waals surface area contributed by atoms with Crippen molar-refractivity contribution < 1.29 is 13.2 Å². The van der Waals surface area contributed by atoms with E-state index in [0.29, 0.717) is 22.7 Å². The van der Waals surface area contributed by atoms with Crippen LogP contribution in [0.2, 0.25) is 5.02 Å². The van der Waals surface area contributed by atoms with Gasteiger partial charge in [0.25, 0.3) is 10.0 Å². The van der Waals surface area contributed by atoms with Crippen LogP contribution in [-0.4, -0.2) is 26.2 Å². The SMILES string of the molecule is CC[C@H](C)[C@H](N=C1NS(=O)(=O)c2ccccc21)C(=O)Nc1ccc(C)c(Cl)c1. The van der Waals surface area contributed by atoms with Gasteiger partial charge in [-0.25, -0.2) is 8.42 Å². The molecule has 0 unspecified atom stereocenters. The Balaban J connectivity index is 1.94. The molecule has 6 nitrogen and oxygen atoms in total. The van der Waals surface area contributed by atoms with Gasteiger partial charge >= 0.3 is 0 Å². The van der Waals surface area contributed by atoms with Crippen molar-refractivity contribution >= 4 is 39.1 Å². The smallest absolute Gasteiger partial charge is 0.263 e. The number of nitrogens with zero attached hydrogens (tertiary/aromatic N) is 1. The van der Waals surface area contributed by atoms with Crippen molar-refractivity contribution in [3.8, 4) is 0 Å². The van der Waals surface area contributed by atoms with Crippen molar-refractivity contribution in [1.29, 1.82) is 0 Å². The third-order valence-corrected chi connectivity index (χ3v) is 6.63. The zero-order chi connectivity index (χ0) is 20.5. The molecule has 0 saturated heterocycles. The van der Waals surface area contributed by atoms with Crippen LogP contribution in [0.15, 0.2) is 52.4 Å². The van der Waals surface area contributed by atoms with Crippen molar-refractivity contribution in [2.24, 2.45) is 10.9 Å². The topological polar surface area (TPSA) is 87.6 Å². The molecule has 2 N–H and O–H groups in total. The summed E-state index contributed by atoms with van der Waals surface area (Å²) in [5, 5.41) is 3.39. The summed E-state index contributed by atoms with van der Waals surface area (Å²) in [4.78, 5) is 17.6. The summed E-state index contributed by atoms with van der Waals surface area (Å²) < 4.78 is 27.1. The highest BCUT2D eigenvalue weighted by atomic mass is 35.5. The van der Waals surface area contributed by atoms with Crippen molar-refractivity contribution in [2.45, 2.75) is 38.1 Å². The maximum absolute atomic E-state index is 12.9. The first-order chi connectivity index (χ1) is 13.2. The third-order valence-electron chi connectivity index (χ3n) is 4.82. The van der Waals surface area contributed by atoms with E-state index in [-0.39, 0.29) is 22.6 Å². The van der Waals surface area contributed by atoms with Crippen LogP contribution in [0.1, 0.15) is 31.4 Å². The van der Waals surface area contributed by atoms with E-state index in [1.165, 1.54) is 6.07 Å². The number of rotatable bonds is 5. The lowest BCUT2D eigenvalue weighted by atomic mass is 9.98. The Hall–Kier alpha value is -2.38. The molecule has 2 aromatic rings. The maximum atomic E-state index is 12.9. The molecule has 1 aliphatic rings. The summed E-state index contributed by atoms with van der Waals surface area (Å²) in [6.07, 6.45) is 0.706. The minimum absolute atomic E-state index is 0.0920. The molecule has 28 heavy (non-hydrogen) atoms. The molecule has 3 rings (SSSR count). The van der Waals surface area contributed by atoms with Gasteiger partial charge in [-0.1, -0.05) is 50.1 Å². The average molecular weight is 420 g/mol. The van der Waals surface area contributed by atoms with Gasteiger partial charge in [-0.05, 0) is 42.7 Å². The van der Waals surface area contributed by atoms with Crippen LogP contribution in [0.4, 0.5) is 5.69 Å². The summed E-state index contributed by atoms with van der Waals surface area (Å²) in [5.74, 6) is -0.214. The summed E-state index contributed by atoms with van der Waals surface area (Å²) in [6.45, 7) is 5.75. The normalized spacial score (nSPS) is 18.2. The largest absolute Gasteiger partial charge is 0.324 e. The van der Waals surface area contributed by atoms with Gasteiger partial charge in [0, 0.05) is 16.3 Å². The monoisotopic (exact) mass is 419 g/mol. The molecule has 0 saturated carbocycles. The number of halogens is 1. The van der Waals surface area contributed by atoms with Crippen LogP contribution in [0.5, 0.6) is 0 Å². The molecule has 0 spiro atoms. The lowest BCUT2D eigenvalue weighted by Gasteiger charge is -2.19. The number of amides is 1. The number of fused-ring (bicyclic) bond motifs is 1. The van der Waals surface area contributed by atoms with Crippen LogP contribution in [0, 0.1) is 12.8 Å². The quantitative estimate of drug-likeness (QED) is 0.773. The Bertz CT molecular complexity index is 1050. The van der Waals surface area contributed by atoms with Crippen molar-refractivity contribution in [1.82, 2.24) is 4.72 Å². The second-order valence-electron chi connectivity index (χ2n) is 6.86. The fourth-order valence-corrected chi connectivity index (χ4v) is 4.34. The van der Waals surface area contributed by atoms with E-state index in [0.717, 1.165) is 5.56 Å². The fourth-order valence-electron chi connectivity index (χ4n) is 2.92. The highest BCUT2D eigenvalue weighted by molar-refractivity contribution is 7.90. The van der Waals surface area contributed by atoms with Gasteiger partial charge in [-0.15, -0.1) is 0 Å². The molecular formula is C20H22ClN3O3S. The lowest BCUT2D eigenvalue weighted by molar-refractivity contribution is -0.118. The van der Waals surface area contributed by atoms with Crippen molar-refractivity contribution in [2.75, 3.05) is 5.32 Å². The van der Waals surface area contributed by atoms with E-state index in [2.05, 4.69) is 15.0 Å². The zero-order valence-electron chi connectivity index (χ0n) is 15.9. The van der Waals surface area contributed by atoms with Gasteiger partial charge in [0.1, 0.15) is 11.9 Å². The van der Waals surface area contributed by atoms with Crippen LogP contribution < -0.4 is 10.0 Å². The molecule has 1 amide bonds. The first-order valence-corrected chi connectivity index (χ1v) is 10.9. The van der Waals surface area contributed by atoms with Gasteiger partial charge in [-0.2, -0.15) is 0 Å². The van der Waals surface area contributed by atoms with Crippen LogP contribution in [0.25, 0.3) is 0 Å². The van der Waals surface area contributed by atoms with Gasteiger partial charge in [0.15, 0.2) is 0 Å². The van der Waals surface area contributed by atoms with Gasteiger partial charge < -0.3 is 5.32 Å². The predicted molar refractivity (Wildman–Crippen MR) is 111 cm³/mol. The molecule has 1 heterocycles. The molecule has 8 heteroatoms. The number of carbonyl (C=O) groups excluding carboxylic acids is 1. The van der Waals surface area contributed by atoms with Gasteiger partial charge in [0.05, 0.1) is 4.90 Å². The molecule has 0 aromatic heterocycles. The Morgan fingerprint density at radius 2 is 1.96 bits per heavy atom. The predicted octanol–water partition coefficient (Wildman–Crippen LogP) is 3.74. The Morgan fingerprint density at radius 3 is 2.64 bits per heavy atom. The molecule has 1 aliphatic heterocycles.